The Balaban J connectivity index is 2.60. The van der Waals surface area contributed by atoms with E-state index in [1.165, 1.54) is 7.11 Å². The molecule has 1 heterocycles. The van der Waals surface area contributed by atoms with Gasteiger partial charge in [-0.15, -0.1) is 0 Å². The largest absolute Gasteiger partial charge is 0.469 e. The molecule has 1 rings (SSSR count). The van der Waals surface area contributed by atoms with Crippen LogP contribution < -0.4 is 5.32 Å². The Bertz CT molecular complexity index is 385. The van der Waals surface area contributed by atoms with E-state index in [-0.39, 0.29) is 5.97 Å². The van der Waals surface area contributed by atoms with Crippen LogP contribution in [0.1, 0.15) is 25.5 Å². The van der Waals surface area contributed by atoms with Crippen LogP contribution >= 0.6 is 15.9 Å². The molecule has 0 aliphatic carbocycles. The summed E-state index contributed by atoms with van der Waals surface area (Å²) in [5, 5.41) is 3.15. The predicted octanol–water partition coefficient (Wildman–Crippen LogP) is 2.17. The van der Waals surface area contributed by atoms with Crippen molar-refractivity contribution in [2.75, 3.05) is 19.0 Å². The van der Waals surface area contributed by atoms with Crippen molar-refractivity contribution in [1.29, 1.82) is 0 Å². The number of aryl methyl sites for hydroxylation is 1. The number of esters is 1. The molecule has 17 heavy (non-hydrogen) atoms. The van der Waals surface area contributed by atoms with Gasteiger partial charge in [-0.1, -0.05) is 0 Å². The highest BCUT2D eigenvalue weighted by molar-refractivity contribution is 9.10. The maximum absolute atomic E-state index is 11.0. The quantitative estimate of drug-likeness (QED) is 0.816. The Morgan fingerprint density at radius 1 is 1.59 bits per heavy atom. The van der Waals surface area contributed by atoms with E-state index in [1.54, 1.807) is 6.20 Å². The van der Waals surface area contributed by atoms with Crippen molar-refractivity contribution in [1.82, 2.24) is 9.97 Å². The minimum absolute atomic E-state index is 0.194. The van der Waals surface area contributed by atoms with Crippen LogP contribution in [0, 0.1) is 0 Å². The van der Waals surface area contributed by atoms with Crippen LogP contribution in [-0.2, 0) is 16.0 Å². The first-order valence-corrected chi connectivity index (χ1v) is 6.28. The third-order valence-corrected chi connectivity index (χ3v) is 2.57. The Morgan fingerprint density at radius 2 is 2.35 bits per heavy atom. The molecule has 0 aromatic carbocycles. The van der Waals surface area contributed by atoms with Crippen LogP contribution in [0.3, 0.4) is 0 Å². The topological polar surface area (TPSA) is 64.1 Å². The van der Waals surface area contributed by atoms with Gasteiger partial charge in [-0.2, -0.15) is 0 Å². The third kappa shape index (κ3) is 4.68. The standard InChI is InChI=1S/C11H16BrN3O2/c1-3-13-11-8(14-7-9(12)15-11)5-4-6-10(16)17-2/h7H,3-6H2,1-2H3,(H,13,15). The highest BCUT2D eigenvalue weighted by atomic mass is 79.9. The normalized spacial score (nSPS) is 10.1. The molecular weight excluding hydrogens is 286 g/mol. The fraction of sp³-hybridized carbons (Fsp3) is 0.545. The first kappa shape index (κ1) is 13.9. The van der Waals surface area contributed by atoms with Gasteiger partial charge in [0.25, 0.3) is 0 Å². The molecule has 0 radical (unpaired) electrons. The van der Waals surface area contributed by atoms with E-state index in [2.05, 4.69) is 36.0 Å². The van der Waals surface area contributed by atoms with Gasteiger partial charge in [-0.3, -0.25) is 9.78 Å². The van der Waals surface area contributed by atoms with Gasteiger partial charge in [0.1, 0.15) is 10.4 Å². The molecule has 6 heteroatoms. The van der Waals surface area contributed by atoms with Gasteiger partial charge in [0.15, 0.2) is 0 Å². The van der Waals surface area contributed by atoms with Crippen molar-refractivity contribution >= 4 is 27.7 Å². The van der Waals surface area contributed by atoms with E-state index in [0.717, 1.165) is 18.1 Å². The van der Waals surface area contributed by atoms with Gasteiger partial charge in [0.05, 0.1) is 19.0 Å². The van der Waals surface area contributed by atoms with Crippen molar-refractivity contribution in [3.05, 3.63) is 16.5 Å². The summed E-state index contributed by atoms with van der Waals surface area (Å²) in [6.07, 6.45) is 3.48. The highest BCUT2D eigenvalue weighted by Crippen LogP contribution is 2.16. The molecule has 0 saturated carbocycles. The van der Waals surface area contributed by atoms with E-state index in [1.807, 2.05) is 6.92 Å². The second kappa shape index (κ2) is 7.21. The van der Waals surface area contributed by atoms with E-state index < -0.39 is 0 Å². The van der Waals surface area contributed by atoms with E-state index >= 15 is 0 Å². The Hall–Kier alpha value is -1.17. The maximum Gasteiger partial charge on any atom is 0.305 e. The lowest BCUT2D eigenvalue weighted by atomic mass is 10.2. The van der Waals surface area contributed by atoms with Crippen molar-refractivity contribution in [2.24, 2.45) is 0 Å². The van der Waals surface area contributed by atoms with Gasteiger partial charge in [-0.25, -0.2) is 4.98 Å². The first-order valence-electron chi connectivity index (χ1n) is 5.49. The molecule has 1 aromatic heterocycles. The summed E-state index contributed by atoms with van der Waals surface area (Å²) in [7, 11) is 1.39. The molecule has 1 N–H and O–H groups in total. The number of carbonyl (C=O) groups is 1. The molecule has 0 aliphatic heterocycles. The molecule has 0 amide bonds. The predicted molar refractivity (Wildman–Crippen MR) is 68.8 cm³/mol. The van der Waals surface area contributed by atoms with Gasteiger partial charge in [-0.05, 0) is 35.7 Å². The number of nitrogens with one attached hydrogen (secondary N) is 1. The Morgan fingerprint density at radius 3 is 3.00 bits per heavy atom. The van der Waals surface area contributed by atoms with Crippen LogP contribution in [-0.4, -0.2) is 29.6 Å². The number of hydrogen-bond acceptors (Lipinski definition) is 5. The monoisotopic (exact) mass is 301 g/mol. The fourth-order valence-electron chi connectivity index (χ4n) is 1.39. The van der Waals surface area contributed by atoms with Gasteiger partial charge in [0, 0.05) is 13.0 Å². The summed E-state index contributed by atoms with van der Waals surface area (Å²) in [4.78, 5) is 19.6. The number of carbonyl (C=O) groups excluding carboxylic acids is 1. The lowest BCUT2D eigenvalue weighted by Gasteiger charge is -2.08. The smallest absolute Gasteiger partial charge is 0.305 e. The van der Waals surface area contributed by atoms with Crippen molar-refractivity contribution < 1.29 is 9.53 Å². The molecule has 0 bridgehead atoms. The molecule has 0 fully saturated rings. The summed E-state index contributed by atoms with van der Waals surface area (Å²) in [6.45, 7) is 2.79. The second-order valence-corrected chi connectivity index (χ2v) is 4.26. The summed E-state index contributed by atoms with van der Waals surface area (Å²) < 4.78 is 5.29. The fourth-order valence-corrected chi connectivity index (χ4v) is 1.67. The first-order chi connectivity index (χ1) is 8.17. The maximum atomic E-state index is 11.0. The zero-order valence-electron chi connectivity index (χ0n) is 9.99. The van der Waals surface area contributed by atoms with Gasteiger partial charge < -0.3 is 10.1 Å². The summed E-state index contributed by atoms with van der Waals surface area (Å²) in [5.74, 6) is 0.576. The molecule has 5 nitrogen and oxygen atoms in total. The SMILES string of the molecule is CCNc1nc(Br)cnc1CCCC(=O)OC. The average molecular weight is 302 g/mol. The number of nitrogens with zero attached hydrogens (tertiary/aromatic N) is 2. The molecule has 0 saturated heterocycles. The Labute approximate surface area is 109 Å². The lowest BCUT2D eigenvalue weighted by Crippen LogP contribution is -2.07. The minimum atomic E-state index is -0.194. The lowest BCUT2D eigenvalue weighted by molar-refractivity contribution is -0.140. The number of hydrogen-bond donors (Lipinski definition) is 1. The van der Waals surface area contributed by atoms with Crippen LogP contribution in [0.5, 0.6) is 0 Å². The van der Waals surface area contributed by atoms with E-state index in [0.29, 0.717) is 23.9 Å². The molecule has 0 spiro atoms. The Kier molecular flexibility index (Phi) is 5.90. The number of ether oxygens (including phenoxy) is 1. The molecule has 0 atom stereocenters. The number of rotatable bonds is 6. The van der Waals surface area contributed by atoms with Gasteiger partial charge in [0.2, 0.25) is 0 Å². The summed E-state index contributed by atoms with van der Waals surface area (Å²) in [6, 6.07) is 0. The number of halogens is 1. The van der Waals surface area contributed by atoms with Crippen LogP contribution in [0.25, 0.3) is 0 Å². The van der Waals surface area contributed by atoms with Crippen molar-refractivity contribution in [3.8, 4) is 0 Å². The van der Waals surface area contributed by atoms with E-state index in [9.17, 15) is 4.79 Å². The van der Waals surface area contributed by atoms with Crippen LogP contribution in [0.2, 0.25) is 0 Å². The van der Waals surface area contributed by atoms with Gasteiger partial charge >= 0.3 is 5.97 Å². The zero-order chi connectivity index (χ0) is 12.7. The summed E-state index contributed by atoms with van der Waals surface area (Å²) >= 11 is 3.28. The summed E-state index contributed by atoms with van der Waals surface area (Å²) in [5.41, 5.74) is 0.874. The number of aromatic nitrogens is 2. The van der Waals surface area contributed by atoms with E-state index in [4.69, 9.17) is 0 Å². The number of methoxy groups -OCH3 is 1. The second-order valence-electron chi connectivity index (χ2n) is 3.45. The zero-order valence-corrected chi connectivity index (χ0v) is 11.6. The molecule has 0 aliphatic rings. The molecule has 0 unspecified atom stereocenters. The third-order valence-electron chi connectivity index (χ3n) is 2.19. The molecular formula is C11H16BrN3O2. The van der Waals surface area contributed by atoms with Crippen LogP contribution in [0.15, 0.2) is 10.8 Å². The van der Waals surface area contributed by atoms with Crippen molar-refractivity contribution in [3.63, 3.8) is 0 Å². The minimum Gasteiger partial charge on any atom is -0.469 e. The van der Waals surface area contributed by atoms with Crippen LogP contribution in [0.4, 0.5) is 5.82 Å². The average Bonchev–Trinajstić information content (AvgIpc) is 2.32. The molecule has 1 aromatic rings. The van der Waals surface area contributed by atoms with Crippen molar-refractivity contribution in [2.45, 2.75) is 26.2 Å². The molecule has 94 valence electrons. The highest BCUT2D eigenvalue weighted by Gasteiger charge is 2.07. The number of anilines is 1.